The van der Waals surface area contributed by atoms with E-state index in [1.807, 2.05) is 0 Å². The smallest absolute Gasteiger partial charge is 0.261 e. The summed E-state index contributed by atoms with van der Waals surface area (Å²) in [7, 11) is 0. The molecule has 2 rings (SSSR count). The van der Waals surface area contributed by atoms with E-state index in [0.717, 1.165) is 6.54 Å². The number of rotatable bonds is 9. The lowest BCUT2D eigenvalue weighted by Gasteiger charge is -1.99. The van der Waals surface area contributed by atoms with Gasteiger partial charge in [0.15, 0.2) is 5.82 Å². The minimum Gasteiger partial charge on any atom is -0.375 e. The lowest BCUT2D eigenvalue weighted by atomic mass is 10.4. The second-order valence-corrected chi connectivity index (χ2v) is 4.30. The fourth-order valence-corrected chi connectivity index (χ4v) is 1.50. The maximum atomic E-state index is 11.8. The maximum Gasteiger partial charge on any atom is 0.261 e. The molecular formula is C11H17F2N3O2. The lowest BCUT2D eigenvalue weighted by Crippen LogP contribution is -2.19. The molecule has 1 heterocycles. The van der Waals surface area contributed by atoms with Crippen LogP contribution in [0.25, 0.3) is 0 Å². The Balaban J connectivity index is 1.59. The second kappa shape index (κ2) is 6.75. The van der Waals surface area contributed by atoms with Gasteiger partial charge in [0.25, 0.3) is 6.43 Å². The van der Waals surface area contributed by atoms with Crippen LogP contribution in [-0.2, 0) is 17.6 Å². The summed E-state index contributed by atoms with van der Waals surface area (Å²) in [5.41, 5.74) is 0. The van der Waals surface area contributed by atoms with Crippen LogP contribution in [-0.4, -0.2) is 42.4 Å². The van der Waals surface area contributed by atoms with E-state index in [0.29, 0.717) is 30.6 Å². The zero-order valence-corrected chi connectivity index (χ0v) is 10.1. The van der Waals surface area contributed by atoms with E-state index in [2.05, 4.69) is 15.5 Å². The van der Waals surface area contributed by atoms with Gasteiger partial charge in [0, 0.05) is 25.4 Å². The normalized spacial score (nSPS) is 15.5. The van der Waals surface area contributed by atoms with Crippen LogP contribution in [0.1, 0.15) is 24.6 Å². The van der Waals surface area contributed by atoms with Crippen LogP contribution in [0.5, 0.6) is 0 Å². The van der Waals surface area contributed by atoms with Crippen molar-refractivity contribution in [1.82, 2.24) is 15.5 Å². The van der Waals surface area contributed by atoms with Gasteiger partial charge in [-0.05, 0) is 12.8 Å². The Morgan fingerprint density at radius 2 is 2.22 bits per heavy atom. The van der Waals surface area contributed by atoms with Crippen LogP contribution < -0.4 is 5.32 Å². The average molecular weight is 261 g/mol. The first kappa shape index (κ1) is 13.4. The van der Waals surface area contributed by atoms with Crippen LogP contribution in [0, 0.1) is 0 Å². The SMILES string of the molecule is FC(F)COCCc1noc(CCNC2CC2)n1. The quantitative estimate of drug-likeness (QED) is 0.677. The summed E-state index contributed by atoms with van der Waals surface area (Å²) in [5.74, 6) is 1.08. The Kier molecular flexibility index (Phi) is 5.00. The third-order valence-corrected chi connectivity index (χ3v) is 2.57. The van der Waals surface area contributed by atoms with Gasteiger partial charge in [0.05, 0.1) is 6.61 Å². The zero-order valence-electron chi connectivity index (χ0n) is 10.1. The van der Waals surface area contributed by atoms with Gasteiger partial charge in [-0.3, -0.25) is 0 Å². The number of ether oxygens (including phenoxy) is 1. The fourth-order valence-electron chi connectivity index (χ4n) is 1.50. The minimum absolute atomic E-state index is 0.184. The van der Waals surface area contributed by atoms with E-state index in [4.69, 9.17) is 9.26 Å². The van der Waals surface area contributed by atoms with Gasteiger partial charge < -0.3 is 14.6 Å². The molecule has 1 aliphatic carbocycles. The Hall–Kier alpha value is -1.08. The van der Waals surface area contributed by atoms with Crippen LogP contribution in [0.4, 0.5) is 8.78 Å². The predicted octanol–water partition coefficient (Wildman–Crippen LogP) is 1.19. The summed E-state index contributed by atoms with van der Waals surface area (Å²) in [5, 5.41) is 7.11. The summed E-state index contributed by atoms with van der Waals surface area (Å²) in [6.07, 6.45) is 1.15. The molecule has 0 amide bonds. The third kappa shape index (κ3) is 5.05. The molecule has 18 heavy (non-hydrogen) atoms. The topological polar surface area (TPSA) is 60.2 Å². The highest BCUT2D eigenvalue weighted by atomic mass is 19.3. The molecule has 0 aromatic carbocycles. The van der Waals surface area contributed by atoms with E-state index in [9.17, 15) is 8.78 Å². The third-order valence-electron chi connectivity index (χ3n) is 2.57. The largest absolute Gasteiger partial charge is 0.375 e. The summed E-state index contributed by atoms with van der Waals surface area (Å²) in [6, 6.07) is 0.662. The highest BCUT2D eigenvalue weighted by Gasteiger charge is 2.20. The number of halogens is 2. The molecule has 1 aromatic rings. The van der Waals surface area contributed by atoms with Crippen molar-refractivity contribution < 1.29 is 18.0 Å². The second-order valence-electron chi connectivity index (χ2n) is 4.30. The molecule has 0 spiro atoms. The number of alkyl halides is 2. The monoisotopic (exact) mass is 261 g/mol. The summed E-state index contributed by atoms with van der Waals surface area (Å²) in [6.45, 7) is 0.466. The molecule has 102 valence electrons. The minimum atomic E-state index is -2.43. The molecular weight excluding hydrogens is 244 g/mol. The molecule has 1 aromatic heterocycles. The molecule has 1 fully saturated rings. The molecule has 1 saturated carbocycles. The van der Waals surface area contributed by atoms with Gasteiger partial charge in [-0.1, -0.05) is 5.16 Å². The molecule has 0 saturated heterocycles. The highest BCUT2D eigenvalue weighted by molar-refractivity contribution is 4.88. The molecule has 0 aliphatic heterocycles. The maximum absolute atomic E-state index is 11.8. The molecule has 1 N–H and O–H groups in total. The summed E-state index contributed by atoms with van der Waals surface area (Å²) >= 11 is 0. The van der Waals surface area contributed by atoms with Crippen LogP contribution in [0.3, 0.4) is 0 Å². The number of hydrogen-bond donors (Lipinski definition) is 1. The van der Waals surface area contributed by atoms with Crippen LogP contribution in [0.15, 0.2) is 4.52 Å². The lowest BCUT2D eigenvalue weighted by molar-refractivity contribution is 0.0182. The van der Waals surface area contributed by atoms with E-state index < -0.39 is 13.0 Å². The number of hydrogen-bond acceptors (Lipinski definition) is 5. The van der Waals surface area contributed by atoms with Crippen molar-refractivity contribution in [3.05, 3.63) is 11.7 Å². The van der Waals surface area contributed by atoms with Crippen LogP contribution in [0.2, 0.25) is 0 Å². The van der Waals surface area contributed by atoms with Gasteiger partial charge in [-0.25, -0.2) is 8.78 Å². The molecule has 0 unspecified atom stereocenters. The average Bonchev–Trinajstić information content (AvgIpc) is 3.04. The van der Waals surface area contributed by atoms with E-state index in [-0.39, 0.29) is 6.61 Å². The first-order valence-electron chi connectivity index (χ1n) is 6.15. The van der Waals surface area contributed by atoms with E-state index >= 15 is 0 Å². The summed E-state index contributed by atoms with van der Waals surface area (Å²) < 4.78 is 33.4. The van der Waals surface area contributed by atoms with Crippen LogP contribution >= 0.6 is 0 Å². The summed E-state index contributed by atoms with van der Waals surface area (Å²) in [4.78, 5) is 4.16. The van der Waals surface area contributed by atoms with Crippen molar-refractivity contribution in [2.75, 3.05) is 19.8 Å². The van der Waals surface area contributed by atoms with Gasteiger partial charge in [0.1, 0.15) is 6.61 Å². The first-order chi connectivity index (χ1) is 8.74. The van der Waals surface area contributed by atoms with Crippen molar-refractivity contribution >= 4 is 0 Å². The number of nitrogens with zero attached hydrogens (tertiary/aromatic N) is 2. The standard InChI is InChI=1S/C11H17F2N3O2/c12-9(13)7-17-6-4-10-15-11(18-16-10)3-5-14-8-1-2-8/h8-9,14H,1-7H2. The Bertz CT molecular complexity index is 356. The Morgan fingerprint density at radius 3 is 2.94 bits per heavy atom. The highest BCUT2D eigenvalue weighted by Crippen LogP contribution is 2.18. The van der Waals surface area contributed by atoms with Crippen molar-refractivity contribution in [3.63, 3.8) is 0 Å². The van der Waals surface area contributed by atoms with Crippen molar-refractivity contribution in [2.45, 2.75) is 38.2 Å². The molecule has 0 bridgehead atoms. The molecule has 5 nitrogen and oxygen atoms in total. The van der Waals surface area contributed by atoms with Gasteiger partial charge in [0.2, 0.25) is 5.89 Å². The van der Waals surface area contributed by atoms with Crippen molar-refractivity contribution in [3.8, 4) is 0 Å². The Labute approximate surface area is 104 Å². The van der Waals surface area contributed by atoms with Gasteiger partial charge in [-0.2, -0.15) is 4.98 Å². The molecule has 7 heteroatoms. The fraction of sp³-hybridized carbons (Fsp3) is 0.818. The first-order valence-corrected chi connectivity index (χ1v) is 6.15. The zero-order chi connectivity index (χ0) is 12.8. The van der Waals surface area contributed by atoms with E-state index in [1.165, 1.54) is 12.8 Å². The molecule has 0 radical (unpaired) electrons. The van der Waals surface area contributed by atoms with Gasteiger partial charge in [-0.15, -0.1) is 0 Å². The number of aromatic nitrogens is 2. The Morgan fingerprint density at radius 1 is 1.39 bits per heavy atom. The van der Waals surface area contributed by atoms with Crippen molar-refractivity contribution in [2.24, 2.45) is 0 Å². The van der Waals surface area contributed by atoms with Crippen molar-refractivity contribution in [1.29, 1.82) is 0 Å². The van der Waals surface area contributed by atoms with Gasteiger partial charge >= 0.3 is 0 Å². The molecule has 1 aliphatic rings. The number of nitrogens with one attached hydrogen (secondary N) is 1. The van der Waals surface area contributed by atoms with E-state index in [1.54, 1.807) is 0 Å². The predicted molar refractivity (Wildman–Crippen MR) is 59.6 cm³/mol. The molecule has 0 atom stereocenters.